The van der Waals surface area contributed by atoms with Gasteiger partial charge >= 0.3 is 6.18 Å². The van der Waals surface area contributed by atoms with E-state index in [4.69, 9.17) is 10.5 Å². The third kappa shape index (κ3) is 3.77. The van der Waals surface area contributed by atoms with E-state index in [-0.39, 0.29) is 24.4 Å². The number of hydrogen-bond donors (Lipinski definition) is 1. The lowest BCUT2D eigenvalue weighted by atomic mass is 10.1. The number of likely N-dealkylation sites (N-methyl/N-ethyl adjacent to an activating group) is 1. The number of ether oxygens (including phenoxy) is 1. The smallest absolute Gasteiger partial charge is 0.416 e. The molecule has 2 rings (SSSR count). The Labute approximate surface area is 119 Å². The molecule has 1 aliphatic rings. The Balaban J connectivity index is 2.23. The molecule has 0 radical (unpaired) electrons. The molecule has 0 spiro atoms. The van der Waals surface area contributed by atoms with Gasteiger partial charge < -0.3 is 15.4 Å². The van der Waals surface area contributed by atoms with E-state index in [2.05, 4.69) is 4.99 Å². The van der Waals surface area contributed by atoms with Crippen LogP contribution in [0.5, 0.6) is 0 Å². The molecule has 0 aromatic heterocycles. The first-order chi connectivity index (χ1) is 9.79. The summed E-state index contributed by atoms with van der Waals surface area (Å²) in [4.78, 5) is 5.62. The molecule has 0 aliphatic carbocycles. The minimum absolute atomic E-state index is 0.0614. The van der Waals surface area contributed by atoms with Crippen LogP contribution in [0.3, 0.4) is 0 Å². The fourth-order valence-corrected chi connectivity index (χ4v) is 2.12. The molecule has 1 aromatic carbocycles. The van der Waals surface area contributed by atoms with E-state index >= 15 is 0 Å². The highest BCUT2D eigenvalue weighted by Gasteiger charge is 2.32. The minimum Gasteiger partial charge on any atom is -0.463 e. The van der Waals surface area contributed by atoms with Gasteiger partial charge in [-0.15, -0.1) is 0 Å². The molecule has 0 amide bonds. The van der Waals surface area contributed by atoms with Crippen molar-refractivity contribution in [2.45, 2.75) is 19.1 Å². The number of rotatable bonds is 4. The van der Waals surface area contributed by atoms with Crippen LogP contribution < -0.4 is 10.6 Å². The summed E-state index contributed by atoms with van der Waals surface area (Å²) in [6, 6.07) is 2.26. The molecule has 1 aliphatic heterocycles. The first kappa shape index (κ1) is 15.4. The predicted octanol–water partition coefficient (Wildman–Crippen LogP) is 2.38. The SMILES string of the molecule is CCN(C[C@@H]1COC(N)=N1)c1cc(F)cc(C(F)(F)F)c1. The number of alkyl halides is 3. The first-order valence-corrected chi connectivity index (χ1v) is 6.38. The van der Waals surface area contributed by atoms with Crippen LogP contribution in [0.4, 0.5) is 23.2 Å². The van der Waals surface area contributed by atoms with Crippen molar-refractivity contribution in [3.63, 3.8) is 0 Å². The van der Waals surface area contributed by atoms with E-state index in [0.29, 0.717) is 19.2 Å². The lowest BCUT2D eigenvalue weighted by Gasteiger charge is -2.25. The fourth-order valence-electron chi connectivity index (χ4n) is 2.12. The van der Waals surface area contributed by atoms with Crippen LogP contribution in [0.2, 0.25) is 0 Å². The van der Waals surface area contributed by atoms with Gasteiger partial charge in [-0.25, -0.2) is 9.38 Å². The van der Waals surface area contributed by atoms with Crippen LogP contribution in [-0.2, 0) is 10.9 Å². The van der Waals surface area contributed by atoms with Crippen molar-refractivity contribution in [2.75, 3.05) is 24.6 Å². The van der Waals surface area contributed by atoms with Gasteiger partial charge in [0.15, 0.2) is 0 Å². The van der Waals surface area contributed by atoms with Crippen molar-refractivity contribution < 1.29 is 22.3 Å². The highest BCUT2D eigenvalue weighted by atomic mass is 19.4. The Kier molecular flexibility index (Phi) is 4.24. The molecule has 4 nitrogen and oxygen atoms in total. The highest BCUT2D eigenvalue weighted by Crippen LogP contribution is 2.32. The molecule has 116 valence electrons. The molecule has 21 heavy (non-hydrogen) atoms. The zero-order valence-electron chi connectivity index (χ0n) is 11.3. The monoisotopic (exact) mass is 305 g/mol. The molecule has 2 N–H and O–H groups in total. The average molecular weight is 305 g/mol. The van der Waals surface area contributed by atoms with Crippen molar-refractivity contribution in [3.05, 3.63) is 29.6 Å². The number of nitrogens with zero attached hydrogens (tertiary/aromatic N) is 2. The van der Waals surface area contributed by atoms with E-state index in [0.717, 1.165) is 12.1 Å². The van der Waals surface area contributed by atoms with E-state index < -0.39 is 17.6 Å². The van der Waals surface area contributed by atoms with Gasteiger partial charge in [-0.1, -0.05) is 0 Å². The Morgan fingerprint density at radius 2 is 2.10 bits per heavy atom. The Morgan fingerprint density at radius 3 is 2.62 bits per heavy atom. The van der Waals surface area contributed by atoms with Crippen LogP contribution in [0.15, 0.2) is 23.2 Å². The fraction of sp³-hybridized carbons (Fsp3) is 0.462. The number of amidine groups is 1. The summed E-state index contributed by atoms with van der Waals surface area (Å²) < 4.78 is 56.6. The van der Waals surface area contributed by atoms with Crippen LogP contribution in [-0.4, -0.2) is 31.8 Å². The van der Waals surface area contributed by atoms with Gasteiger partial charge in [0.25, 0.3) is 6.02 Å². The van der Waals surface area contributed by atoms with Crippen molar-refractivity contribution in [1.29, 1.82) is 0 Å². The second-order valence-corrected chi connectivity index (χ2v) is 4.67. The standard InChI is InChI=1S/C13H15F4N3O/c1-2-20(6-10-7-21-12(18)19-10)11-4-8(13(15,16)17)3-9(14)5-11/h3-5,10H,2,6-7H2,1H3,(H2,18,19)/t10-/m1/s1. The van der Waals surface area contributed by atoms with Crippen molar-refractivity contribution in [3.8, 4) is 0 Å². The van der Waals surface area contributed by atoms with Crippen molar-refractivity contribution in [1.82, 2.24) is 0 Å². The van der Waals surface area contributed by atoms with Gasteiger partial charge in [0.1, 0.15) is 18.5 Å². The second kappa shape index (κ2) is 5.79. The third-order valence-corrected chi connectivity index (χ3v) is 3.12. The second-order valence-electron chi connectivity index (χ2n) is 4.67. The largest absolute Gasteiger partial charge is 0.463 e. The number of benzene rings is 1. The zero-order valence-corrected chi connectivity index (χ0v) is 11.3. The summed E-state index contributed by atoms with van der Waals surface area (Å²) in [7, 11) is 0. The summed E-state index contributed by atoms with van der Waals surface area (Å²) in [5, 5.41) is 0. The van der Waals surface area contributed by atoms with Gasteiger partial charge in [0, 0.05) is 18.8 Å². The minimum atomic E-state index is -4.59. The first-order valence-electron chi connectivity index (χ1n) is 6.38. The van der Waals surface area contributed by atoms with Gasteiger partial charge in [-0.2, -0.15) is 13.2 Å². The third-order valence-electron chi connectivity index (χ3n) is 3.12. The normalized spacial score (nSPS) is 18.3. The summed E-state index contributed by atoms with van der Waals surface area (Å²) >= 11 is 0. The molecule has 0 unspecified atom stereocenters. The summed E-state index contributed by atoms with van der Waals surface area (Å²) in [6.07, 6.45) is -4.59. The number of anilines is 1. The molecule has 0 saturated heterocycles. The Morgan fingerprint density at radius 1 is 1.38 bits per heavy atom. The number of nitrogens with two attached hydrogens (primary N) is 1. The highest BCUT2D eigenvalue weighted by molar-refractivity contribution is 5.73. The summed E-state index contributed by atoms with van der Waals surface area (Å²) in [5.74, 6) is -0.927. The summed E-state index contributed by atoms with van der Waals surface area (Å²) in [6.45, 7) is 2.75. The molecule has 0 fully saturated rings. The summed E-state index contributed by atoms with van der Waals surface area (Å²) in [5.41, 5.74) is 4.53. The van der Waals surface area contributed by atoms with E-state index in [1.807, 2.05) is 0 Å². The molecule has 1 atom stereocenters. The maximum atomic E-state index is 13.4. The maximum absolute atomic E-state index is 13.4. The Bertz CT molecular complexity index is 545. The molecule has 1 heterocycles. The molecule has 0 saturated carbocycles. The quantitative estimate of drug-likeness (QED) is 0.869. The van der Waals surface area contributed by atoms with Crippen molar-refractivity contribution in [2.24, 2.45) is 10.7 Å². The number of hydrogen-bond acceptors (Lipinski definition) is 4. The van der Waals surface area contributed by atoms with E-state index in [9.17, 15) is 17.6 Å². The Hall–Kier alpha value is -1.99. The number of halogens is 4. The van der Waals surface area contributed by atoms with E-state index in [1.165, 1.54) is 0 Å². The molecular weight excluding hydrogens is 290 g/mol. The average Bonchev–Trinajstić information content (AvgIpc) is 2.79. The van der Waals surface area contributed by atoms with Crippen LogP contribution >= 0.6 is 0 Å². The van der Waals surface area contributed by atoms with Gasteiger partial charge in [0.05, 0.1) is 5.56 Å². The lowest BCUT2D eigenvalue weighted by molar-refractivity contribution is -0.137. The van der Waals surface area contributed by atoms with E-state index in [1.54, 1.807) is 11.8 Å². The maximum Gasteiger partial charge on any atom is 0.416 e. The van der Waals surface area contributed by atoms with Crippen LogP contribution in [0.25, 0.3) is 0 Å². The molecule has 8 heteroatoms. The van der Waals surface area contributed by atoms with Gasteiger partial charge in [-0.3, -0.25) is 0 Å². The molecule has 0 bridgehead atoms. The van der Waals surface area contributed by atoms with Crippen molar-refractivity contribution >= 4 is 11.7 Å². The number of aliphatic imine (C=N–C) groups is 1. The van der Waals surface area contributed by atoms with Crippen LogP contribution in [0.1, 0.15) is 12.5 Å². The zero-order chi connectivity index (χ0) is 15.6. The molecular formula is C13H15F4N3O. The van der Waals surface area contributed by atoms with Crippen LogP contribution in [0, 0.1) is 5.82 Å². The van der Waals surface area contributed by atoms with Gasteiger partial charge in [-0.05, 0) is 25.1 Å². The van der Waals surface area contributed by atoms with Gasteiger partial charge in [0.2, 0.25) is 0 Å². The molecule has 1 aromatic rings. The predicted molar refractivity (Wildman–Crippen MR) is 70.7 cm³/mol. The lowest BCUT2D eigenvalue weighted by Crippen LogP contribution is -2.32. The topological polar surface area (TPSA) is 50.9 Å².